The molecule has 4 heteroatoms. The molecule has 0 aromatic heterocycles. The van der Waals surface area contributed by atoms with Crippen LogP contribution in [0.5, 0.6) is 0 Å². The standard InChI is InChI=1S/C16H25FN2O/c17-15-4-2-14(3-5-15)6-10-19-11-7-16(8-12-19)18-9-1-13-20/h2-5,16,18,20H,1,6-13H2. The van der Waals surface area contributed by atoms with Gasteiger partial charge in [-0.2, -0.15) is 0 Å². The van der Waals surface area contributed by atoms with Gasteiger partial charge < -0.3 is 15.3 Å². The minimum Gasteiger partial charge on any atom is -0.396 e. The Morgan fingerprint density at radius 1 is 1.20 bits per heavy atom. The molecule has 1 aromatic carbocycles. The van der Waals surface area contributed by atoms with Crippen molar-refractivity contribution in [3.05, 3.63) is 35.6 Å². The molecule has 3 nitrogen and oxygen atoms in total. The minimum atomic E-state index is -0.163. The van der Waals surface area contributed by atoms with Gasteiger partial charge in [0.25, 0.3) is 0 Å². The van der Waals surface area contributed by atoms with Crippen LogP contribution in [0.15, 0.2) is 24.3 Å². The summed E-state index contributed by atoms with van der Waals surface area (Å²) in [4.78, 5) is 2.48. The zero-order chi connectivity index (χ0) is 14.2. The van der Waals surface area contributed by atoms with Gasteiger partial charge in [0, 0.05) is 19.2 Å². The van der Waals surface area contributed by atoms with Crippen molar-refractivity contribution < 1.29 is 9.50 Å². The van der Waals surface area contributed by atoms with Gasteiger partial charge in [0.05, 0.1) is 0 Å². The molecule has 1 aromatic rings. The second kappa shape index (κ2) is 8.35. The van der Waals surface area contributed by atoms with Gasteiger partial charge in [0.2, 0.25) is 0 Å². The third kappa shape index (κ3) is 5.19. The fourth-order valence-corrected chi connectivity index (χ4v) is 2.68. The van der Waals surface area contributed by atoms with E-state index in [4.69, 9.17) is 5.11 Å². The molecule has 0 amide bonds. The average Bonchev–Trinajstić information content (AvgIpc) is 2.48. The molecule has 0 bridgehead atoms. The molecule has 20 heavy (non-hydrogen) atoms. The highest BCUT2D eigenvalue weighted by atomic mass is 19.1. The molecule has 2 N–H and O–H groups in total. The van der Waals surface area contributed by atoms with Gasteiger partial charge in [0.1, 0.15) is 5.82 Å². The smallest absolute Gasteiger partial charge is 0.123 e. The summed E-state index contributed by atoms with van der Waals surface area (Å²) in [5.41, 5.74) is 1.20. The molecule has 0 saturated carbocycles. The highest BCUT2D eigenvalue weighted by molar-refractivity contribution is 5.16. The van der Waals surface area contributed by atoms with E-state index >= 15 is 0 Å². The molecule has 0 spiro atoms. The van der Waals surface area contributed by atoms with Crippen molar-refractivity contribution >= 4 is 0 Å². The number of aliphatic hydroxyl groups is 1. The second-order valence-electron chi connectivity index (χ2n) is 5.52. The van der Waals surface area contributed by atoms with Crippen molar-refractivity contribution in [2.24, 2.45) is 0 Å². The number of halogens is 1. The number of likely N-dealkylation sites (tertiary alicyclic amines) is 1. The third-order valence-electron chi connectivity index (χ3n) is 3.99. The first-order valence-electron chi connectivity index (χ1n) is 7.59. The quantitative estimate of drug-likeness (QED) is 0.748. The predicted molar refractivity (Wildman–Crippen MR) is 79.3 cm³/mol. The number of hydrogen-bond acceptors (Lipinski definition) is 3. The fraction of sp³-hybridized carbons (Fsp3) is 0.625. The maximum atomic E-state index is 12.8. The van der Waals surface area contributed by atoms with Crippen LogP contribution in [0.4, 0.5) is 4.39 Å². The monoisotopic (exact) mass is 280 g/mol. The molecule has 0 aliphatic carbocycles. The molecule has 1 aliphatic heterocycles. The van der Waals surface area contributed by atoms with Gasteiger partial charge in [-0.25, -0.2) is 4.39 Å². The second-order valence-corrected chi connectivity index (χ2v) is 5.52. The van der Waals surface area contributed by atoms with Gasteiger partial charge in [0.15, 0.2) is 0 Å². The Kier molecular flexibility index (Phi) is 6.43. The maximum absolute atomic E-state index is 12.8. The number of nitrogens with zero attached hydrogens (tertiary/aromatic N) is 1. The Labute approximate surface area is 120 Å². The van der Waals surface area contributed by atoms with Crippen molar-refractivity contribution in [3.8, 4) is 0 Å². The Morgan fingerprint density at radius 3 is 2.55 bits per heavy atom. The third-order valence-corrected chi connectivity index (χ3v) is 3.99. The Morgan fingerprint density at radius 2 is 1.90 bits per heavy atom. The molecule has 1 fully saturated rings. The lowest BCUT2D eigenvalue weighted by atomic mass is 10.0. The number of rotatable bonds is 7. The van der Waals surface area contributed by atoms with E-state index in [0.29, 0.717) is 6.04 Å². The lowest BCUT2D eigenvalue weighted by molar-refractivity contribution is 0.197. The van der Waals surface area contributed by atoms with E-state index in [1.165, 1.54) is 30.5 Å². The van der Waals surface area contributed by atoms with E-state index in [1.54, 1.807) is 0 Å². The Bertz CT molecular complexity index is 375. The molecular formula is C16H25FN2O. The minimum absolute atomic E-state index is 0.163. The van der Waals surface area contributed by atoms with Crippen LogP contribution in [0.2, 0.25) is 0 Å². The van der Waals surface area contributed by atoms with Crippen LogP contribution >= 0.6 is 0 Å². The van der Waals surface area contributed by atoms with Crippen LogP contribution in [0.25, 0.3) is 0 Å². The van der Waals surface area contributed by atoms with E-state index in [0.717, 1.165) is 39.0 Å². The molecular weight excluding hydrogens is 255 g/mol. The molecule has 2 rings (SSSR count). The Hall–Kier alpha value is -0.970. The first kappa shape index (κ1) is 15.4. The molecule has 1 saturated heterocycles. The molecule has 112 valence electrons. The van der Waals surface area contributed by atoms with Gasteiger partial charge in [-0.1, -0.05) is 12.1 Å². The predicted octanol–water partition coefficient (Wildman–Crippen LogP) is 1.80. The summed E-state index contributed by atoms with van der Waals surface area (Å²) in [6.45, 7) is 4.48. The molecule has 0 radical (unpaired) electrons. The lowest BCUT2D eigenvalue weighted by Gasteiger charge is -2.32. The first-order valence-corrected chi connectivity index (χ1v) is 7.59. The van der Waals surface area contributed by atoms with Crippen LogP contribution in [-0.2, 0) is 6.42 Å². The van der Waals surface area contributed by atoms with Crippen LogP contribution in [0.3, 0.4) is 0 Å². The lowest BCUT2D eigenvalue weighted by Crippen LogP contribution is -2.43. The average molecular weight is 280 g/mol. The van der Waals surface area contributed by atoms with Crippen molar-refractivity contribution in [2.45, 2.75) is 31.7 Å². The highest BCUT2D eigenvalue weighted by Gasteiger charge is 2.17. The summed E-state index contributed by atoms with van der Waals surface area (Å²) >= 11 is 0. The van der Waals surface area contributed by atoms with E-state index in [1.807, 2.05) is 12.1 Å². The zero-order valence-electron chi connectivity index (χ0n) is 12.0. The highest BCUT2D eigenvalue weighted by Crippen LogP contribution is 2.12. The van der Waals surface area contributed by atoms with Gasteiger partial charge in [-0.3, -0.25) is 0 Å². The molecule has 0 unspecified atom stereocenters. The summed E-state index contributed by atoms with van der Waals surface area (Å²) in [6.07, 6.45) is 4.18. The number of aliphatic hydroxyl groups excluding tert-OH is 1. The summed E-state index contributed by atoms with van der Waals surface area (Å²) in [5, 5.41) is 12.3. The number of piperidine rings is 1. The molecule has 1 aliphatic rings. The van der Waals surface area contributed by atoms with Crippen molar-refractivity contribution in [1.29, 1.82) is 0 Å². The van der Waals surface area contributed by atoms with Gasteiger partial charge in [-0.05, 0) is 63.0 Å². The van der Waals surface area contributed by atoms with Crippen molar-refractivity contribution in [2.75, 3.05) is 32.8 Å². The summed E-state index contributed by atoms with van der Waals surface area (Å²) in [7, 11) is 0. The number of benzene rings is 1. The summed E-state index contributed by atoms with van der Waals surface area (Å²) in [5.74, 6) is -0.163. The number of nitrogens with one attached hydrogen (secondary N) is 1. The van der Waals surface area contributed by atoms with E-state index < -0.39 is 0 Å². The summed E-state index contributed by atoms with van der Waals surface area (Å²) in [6, 6.07) is 7.42. The number of hydrogen-bond donors (Lipinski definition) is 2. The van der Waals surface area contributed by atoms with Crippen LogP contribution in [0.1, 0.15) is 24.8 Å². The van der Waals surface area contributed by atoms with Crippen molar-refractivity contribution in [1.82, 2.24) is 10.2 Å². The molecule has 1 heterocycles. The fourth-order valence-electron chi connectivity index (χ4n) is 2.68. The van der Waals surface area contributed by atoms with Crippen LogP contribution in [0, 0.1) is 5.82 Å². The first-order chi connectivity index (χ1) is 9.78. The normalized spacial score (nSPS) is 17.5. The molecule has 0 atom stereocenters. The zero-order valence-corrected chi connectivity index (χ0v) is 12.0. The largest absolute Gasteiger partial charge is 0.396 e. The van der Waals surface area contributed by atoms with Crippen molar-refractivity contribution in [3.63, 3.8) is 0 Å². The van der Waals surface area contributed by atoms with Crippen LogP contribution in [-0.4, -0.2) is 48.8 Å². The van der Waals surface area contributed by atoms with Gasteiger partial charge >= 0.3 is 0 Å². The maximum Gasteiger partial charge on any atom is 0.123 e. The van der Waals surface area contributed by atoms with E-state index in [2.05, 4.69) is 10.2 Å². The Balaban J connectivity index is 1.63. The van der Waals surface area contributed by atoms with E-state index in [9.17, 15) is 4.39 Å². The van der Waals surface area contributed by atoms with Gasteiger partial charge in [-0.15, -0.1) is 0 Å². The summed E-state index contributed by atoms with van der Waals surface area (Å²) < 4.78 is 12.8. The van der Waals surface area contributed by atoms with Crippen LogP contribution < -0.4 is 5.32 Å². The topological polar surface area (TPSA) is 35.5 Å². The van der Waals surface area contributed by atoms with E-state index in [-0.39, 0.29) is 12.4 Å². The SMILES string of the molecule is OCCCNC1CCN(CCc2ccc(F)cc2)CC1.